The molecule has 1 heterocycles. The van der Waals surface area contributed by atoms with Crippen molar-refractivity contribution in [1.82, 2.24) is 0 Å². The van der Waals surface area contributed by atoms with Crippen molar-refractivity contribution in [2.45, 2.75) is 44.4 Å². The van der Waals surface area contributed by atoms with E-state index in [2.05, 4.69) is 11.4 Å². The van der Waals surface area contributed by atoms with Gasteiger partial charge in [0.1, 0.15) is 17.1 Å². The standard InChI is InChI=1S/C24H26N2O5S/c1-14(12-22(27)26-16-8-10-17(11-9-16)32(25,28)29)19-13-20-18-6-4-5-7-21(18)31-24(20)15(2)23(19)30-3/h8-13H,4-7H2,1-3H3,(H,26,27)(H2,25,28,29)/b14-12+. The molecular weight excluding hydrogens is 428 g/mol. The summed E-state index contributed by atoms with van der Waals surface area (Å²) in [5.74, 6) is 1.40. The molecule has 1 amide bonds. The van der Waals surface area contributed by atoms with E-state index in [1.54, 1.807) is 7.11 Å². The summed E-state index contributed by atoms with van der Waals surface area (Å²) >= 11 is 0. The normalized spacial score (nSPS) is 14.3. The first-order chi connectivity index (χ1) is 15.2. The minimum atomic E-state index is -3.78. The van der Waals surface area contributed by atoms with Gasteiger partial charge in [0.05, 0.1) is 12.0 Å². The maximum Gasteiger partial charge on any atom is 0.248 e. The predicted octanol–water partition coefficient (Wildman–Crippen LogP) is 4.32. The number of carbonyl (C=O) groups is 1. The highest BCUT2D eigenvalue weighted by atomic mass is 32.2. The third kappa shape index (κ3) is 4.16. The van der Waals surface area contributed by atoms with Crippen LogP contribution in [0.15, 0.2) is 45.7 Å². The Bertz CT molecular complexity index is 1340. The lowest BCUT2D eigenvalue weighted by molar-refractivity contribution is -0.111. The number of ether oxygens (including phenoxy) is 1. The number of anilines is 1. The van der Waals surface area contributed by atoms with Crippen molar-refractivity contribution in [3.05, 3.63) is 58.9 Å². The number of fused-ring (bicyclic) bond motifs is 3. The molecule has 0 bridgehead atoms. The van der Waals surface area contributed by atoms with Crippen molar-refractivity contribution in [3.8, 4) is 5.75 Å². The molecule has 1 aliphatic carbocycles. The maximum atomic E-state index is 12.6. The van der Waals surface area contributed by atoms with Crippen LogP contribution >= 0.6 is 0 Å². The second-order valence-corrected chi connectivity index (χ2v) is 9.62. The Labute approximate surface area is 187 Å². The Morgan fingerprint density at radius 2 is 1.88 bits per heavy atom. The van der Waals surface area contributed by atoms with Crippen LogP contribution in [0.4, 0.5) is 5.69 Å². The number of hydrogen-bond acceptors (Lipinski definition) is 5. The van der Waals surface area contributed by atoms with Gasteiger partial charge < -0.3 is 14.5 Å². The van der Waals surface area contributed by atoms with Gasteiger partial charge in [-0.25, -0.2) is 13.6 Å². The van der Waals surface area contributed by atoms with E-state index in [0.29, 0.717) is 11.4 Å². The number of hydrogen-bond donors (Lipinski definition) is 2. The fraction of sp³-hybridized carbons (Fsp3) is 0.292. The van der Waals surface area contributed by atoms with E-state index < -0.39 is 10.0 Å². The fourth-order valence-corrected chi connectivity index (χ4v) is 4.79. The van der Waals surface area contributed by atoms with Gasteiger partial charge in [0.25, 0.3) is 0 Å². The van der Waals surface area contributed by atoms with E-state index in [1.165, 1.54) is 35.9 Å². The van der Waals surface area contributed by atoms with Gasteiger partial charge >= 0.3 is 0 Å². The van der Waals surface area contributed by atoms with E-state index in [9.17, 15) is 13.2 Å². The highest BCUT2D eigenvalue weighted by Crippen LogP contribution is 2.41. The topological polar surface area (TPSA) is 112 Å². The Kier molecular flexibility index (Phi) is 5.83. The first-order valence-electron chi connectivity index (χ1n) is 10.4. The average Bonchev–Trinajstić information content (AvgIpc) is 3.12. The van der Waals surface area contributed by atoms with Crippen molar-refractivity contribution in [1.29, 1.82) is 0 Å². The molecule has 32 heavy (non-hydrogen) atoms. The molecule has 8 heteroatoms. The minimum absolute atomic E-state index is 0.0146. The van der Waals surface area contributed by atoms with Crippen molar-refractivity contribution < 1.29 is 22.4 Å². The molecular formula is C24H26N2O5S. The zero-order valence-corrected chi connectivity index (χ0v) is 19.1. The average molecular weight is 455 g/mol. The first kappa shape index (κ1) is 22.1. The zero-order valence-electron chi connectivity index (χ0n) is 18.3. The number of primary sulfonamides is 1. The predicted molar refractivity (Wildman–Crippen MR) is 124 cm³/mol. The quantitative estimate of drug-likeness (QED) is 0.558. The number of nitrogens with two attached hydrogens (primary N) is 1. The molecule has 0 fully saturated rings. The lowest BCUT2D eigenvalue weighted by Gasteiger charge is -2.13. The molecule has 0 saturated carbocycles. The number of allylic oxidation sites excluding steroid dienone is 1. The van der Waals surface area contributed by atoms with Crippen LogP contribution in [0, 0.1) is 6.92 Å². The smallest absolute Gasteiger partial charge is 0.248 e. The highest BCUT2D eigenvalue weighted by Gasteiger charge is 2.23. The molecule has 4 rings (SSSR count). The SMILES string of the molecule is COc1c(/C(C)=C/C(=O)Nc2ccc(S(N)(=O)=O)cc2)cc2c3c(oc2c1C)CCCC3. The Balaban J connectivity index is 1.66. The Hall–Kier alpha value is -3.10. The molecule has 3 N–H and O–H groups in total. The Morgan fingerprint density at radius 1 is 1.19 bits per heavy atom. The summed E-state index contributed by atoms with van der Waals surface area (Å²) in [5, 5.41) is 8.94. The van der Waals surface area contributed by atoms with Gasteiger partial charge in [-0.2, -0.15) is 0 Å². The van der Waals surface area contributed by atoms with E-state index in [4.69, 9.17) is 14.3 Å². The Morgan fingerprint density at radius 3 is 2.53 bits per heavy atom. The van der Waals surface area contributed by atoms with Crippen LogP contribution < -0.4 is 15.2 Å². The van der Waals surface area contributed by atoms with Crippen LogP contribution in [0.2, 0.25) is 0 Å². The van der Waals surface area contributed by atoms with Crippen molar-refractivity contribution >= 4 is 38.2 Å². The molecule has 0 unspecified atom stereocenters. The third-order valence-corrected chi connectivity index (χ3v) is 6.78. The van der Waals surface area contributed by atoms with Crippen LogP contribution in [0.1, 0.15) is 42.2 Å². The molecule has 2 aromatic carbocycles. The number of methoxy groups -OCH3 is 1. The lowest BCUT2D eigenvalue weighted by Crippen LogP contribution is -2.12. The van der Waals surface area contributed by atoms with Crippen molar-refractivity contribution in [2.75, 3.05) is 12.4 Å². The number of aryl methyl sites for hydroxylation is 3. The molecule has 0 radical (unpaired) electrons. The molecule has 3 aromatic rings. The molecule has 0 atom stereocenters. The van der Waals surface area contributed by atoms with Crippen molar-refractivity contribution in [3.63, 3.8) is 0 Å². The summed E-state index contributed by atoms with van der Waals surface area (Å²) in [7, 11) is -2.17. The number of carbonyl (C=O) groups excluding carboxylic acids is 1. The van der Waals surface area contributed by atoms with E-state index in [-0.39, 0.29) is 10.8 Å². The molecule has 1 aromatic heterocycles. The van der Waals surface area contributed by atoms with Crippen LogP contribution in [0.3, 0.4) is 0 Å². The molecule has 1 aliphatic rings. The zero-order chi connectivity index (χ0) is 23.0. The van der Waals surface area contributed by atoms with Gasteiger partial charge in [-0.15, -0.1) is 0 Å². The molecule has 7 nitrogen and oxygen atoms in total. The van der Waals surface area contributed by atoms with Gasteiger partial charge in [-0.1, -0.05) is 0 Å². The number of rotatable bonds is 5. The lowest BCUT2D eigenvalue weighted by atomic mass is 9.93. The molecule has 0 saturated heterocycles. The second kappa shape index (κ2) is 8.44. The van der Waals surface area contributed by atoms with Crippen molar-refractivity contribution in [2.24, 2.45) is 5.14 Å². The van der Waals surface area contributed by atoms with Gasteiger partial charge in [0, 0.05) is 40.3 Å². The number of amides is 1. The first-order valence-corrected chi connectivity index (χ1v) is 12.0. The number of nitrogens with one attached hydrogen (secondary N) is 1. The van der Waals surface area contributed by atoms with Crippen LogP contribution in [-0.4, -0.2) is 21.4 Å². The summed E-state index contributed by atoms with van der Waals surface area (Å²) in [6.45, 7) is 3.83. The largest absolute Gasteiger partial charge is 0.496 e. The summed E-state index contributed by atoms with van der Waals surface area (Å²) < 4.78 is 34.6. The van der Waals surface area contributed by atoms with Gasteiger partial charge in [-0.3, -0.25) is 4.79 Å². The van der Waals surface area contributed by atoms with Gasteiger partial charge in [-0.05, 0) is 69.0 Å². The molecule has 0 aliphatic heterocycles. The minimum Gasteiger partial charge on any atom is -0.496 e. The fourth-order valence-electron chi connectivity index (χ4n) is 4.27. The number of furan rings is 1. The van der Waals surface area contributed by atoms with Crippen LogP contribution in [-0.2, 0) is 27.7 Å². The number of sulfonamides is 1. The van der Waals surface area contributed by atoms with Crippen LogP contribution in [0.5, 0.6) is 5.75 Å². The summed E-state index contributed by atoms with van der Waals surface area (Å²) in [4.78, 5) is 12.6. The maximum absolute atomic E-state index is 12.6. The van der Waals surface area contributed by atoms with E-state index in [0.717, 1.165) is 59.1 Å². The third-order valence-electron chi connectivity index (χ3n) is 5.85. The highest BCUT2D eigenvalue weighted by molar-refractivity contribution is 7.89. The summed E-state index contributed by atoms with van der Waals surface area (Å²) in [5.41, 5.74) is 5.08. The van der Waals surface area contributed by atoms with Gasteiger partial charge in [0.15, 0.2) is 0 Å². The monoisotopic (exact) mass is 454 g/mol. The second-order valence-electron chi connectivity index (χ2n) is 8.06. The number of benzene rings is 2. The van der Waals surface area contributed by atoms with Gasteiger partial charge in [0.2, 0.25) is 15.9 Å². The molecule has 168 valence electrons. The van der Waals surface area contributed by atoms with E-state index in [1.807, 2.05) is 13.8 Å². The summed E-state index contributed by atoms with van der Waals surface area (Å²) in [6.07, 6.45) is 5.72. The van der Waals surface area contributed by atoms with Crippen LogP contribution in [0.25, 0.3) is 16.5 Å². The molecule has 0 spiro atoms. The summed E-state index contributed by atoms with van der Waals surface area (Å²) in [6, 6.07) is 7.74. The van der Waals surface area contributed by atoms with E-state index >= 15 is 0 Å².